The predicted octanol–water partition coefficient (Wildman–Crippen LogP) is 4.84. The largest absolute Gasteiger partial charge is 0.480 e. The number of fused-ring (bicyclic) bond motifs is 1. The number of carbonyl (C=O) groups excluding carboxylic acids is 1. The van der Waals surface area contributed by atoms with Gasteiger partial charge in [0.2, 0.25) is 0 Å². The zero-order valence-corrected chi connectivity index (χ0v) is 24.6. The quantitative estimate of drug-likeness (QED) is 0.407. The summed E-state index contributed by atoms with van der Waals surface area (Å²) < 4.78 is 123. The van der Waals surface area contributed by atoms with Crippen molar-refractivity contribution in [3.63, 3.8) is 0 Å². The van der Waals surface area contributed by atoms with Crippen molar-refractivity contribution in [2.75, 3.05) is 58.9 Å². The van der Waals surface area contributed by atoms with Crippen LogP contribution in [-0.4, -0.2) is 132 Å². The third-order valence-corrected chi connectivity index (χ3v) is 10.8. The van der Waals surface area contributed by atoms with Crippen LogP contribution in [0.5, 0.6) is 0 Å². The Morgan fingerprint density at radius 3 is 1.98 bits per heavy atom. The summed E-state index contributed by atoms with van der Waals surface area (Å²) in [5, 5.41) is 9.14. The van der Waals surface area contributed by atoms with Crippen LogP contribution in [0.4, 0.5) is 44.3 Å². The van der Waals surface area contributed by atoms with E-state index in [1.54, 1.807) is 0 Å². The van der Waals surface area contributed by atoms with Crippen molar-refractivity contribution < 1.29 is 58.9 Å². The molecule has 0 aromatic heterocycles. The topological polar surface area (TPSA) is 76.6 Å². The first-order valence-electron chi connectivity index (χ1n) is 15.4. The van der Waals surface area contributed by atoms with Crippen LogP contribution in [-0.2, 0) is 9.53 Å². The molecule has 0 bridgehead atoms. The number of aliphatic carboxylic acids is 1. The maximum absolute atomic E-state index is 13.9. The third kappa shape index (κ3) is 7.60. The van der Waals surface area contributed by atoms with Crippen molar-refractivity contribution in [1.82, 2.24) is 19.6 Å². The molecule has 8 nitrogen and oxygen atoms in total. The van der Waals surface area contributed by atoms with Crippen LogP contribution in [0.1, 0.15) is 44.9 Å². The molecule has 5 rings (SSSR count). The van der Waals surface area contributed by atoms with Crippen molar-refractivity contribution in [1.29, 1.82) is 0 Å². The lowest BCUT2D eigenvalue weighted by Gasteiger charge is -2.49. The Kier molecular flexibility index (Phi) is 9.57. The molecule has 0 aromatic carbocycles. The van der Waals surface area contributed by atoms with Crippen molar-refractivity contribution in [2.24, 2.45) is 23.7 Å². The van der Waals surface area contributed by atoms with Gasteiger partial charge >= 0.3 is 30.6 Å². The van der Waals surface area contributed by atoms with E-state index in [2.05, 4.69) is 14.5 Å². The number of halogens is 9. The SMILES string of the molecule is O=C(O)CN1CC2CN(C3CC(C(F)(F)F)CCC3CN3CCCC34CCN(C(=O)OC(C(F)(F)F)C(F)(F)F)CC4)CC2C1. The molecule has 1 saturated carbocycles. The van der Waals surface area contributed by atoms with E-state index in [-0.39, 0.29) is 56.3 Å². The summed E-state index contributed by atoms with van der Waals surface area (Å²) in [7, 11) is 0. The number of carboxylic acid groups (broad SMARTS) is 1. The monoisotopic (exact) mass is 666 g/mol. The van der Waals surface area contributed by atoms with Gasteiger partial charge in [-0.3, -0.25) is 19.5 Å². The standard InChI is InChI=1S/C28H39F9N4O4/c29-26(30,31)20-3-2-17(21(10-20)40-13-18-11-38(16-22(42)43)12-19(18)14-40)15-41-7-1-4-25(41)5-8-39(9-6-25)24(44)45-23(27(32,33)34)28(35,36)37/h17-21,23H,1-16H2,(H,42,43). The van der Waals surface area contributed by atoms with E-state index in [0.717, 1.165) is 11.3 Å². The van der Waals surface area contributed by atoms with E-state index in [0.29, 0.717) is 65.0 Å². The highest BCUT2D eigenvalue weighted by Gasteiger charge is 2.60. The Bertz CT molecular complexity index is 1050. The lowest BCUT2D eigenvalue weighted by Crippen LogP contribution is -2.57. The zero-order valence-electron chi connectivity index (χ0n) is 24.6. The molecule has 0 aromatic rings. The Hall–Kier alpha value is -2.01. The highest BCUT2D eigenvalue weighted by molar-refractivity contribution is 5.69. The third-order valence-electron chi connectivity index (χ3n) is 10.8. The molecule has 17 heteroatoms. The molecule has 4 saturated heterocycles. The summed E-state index contributed by atoms with van der Waals surface area (Å²) in [5.41, 5.74) is -0.450. The van der Waals surface area contributed by atoms with E-state index < -0.39 is 48.2 Å². The molecule has 0 radical (unpaired) electrons. The molecule has 45 heavy (non-hydrogen) atoms. The summed E-state index contributed by atoms with van der Waals surface area (Å²) >= 11 is 0. The number of ether oxygens (including phenoxy) is 1. The fourth-order valence-corrected chi connectivity index (χ4v) is 8.61. The highest BCUT2D eigenvalue weighted by Crippen LogP contribution is 2.46. The van der Waals surface area contributed by atoms with Gasteiger partial charge in [0, 0.05) is 57.4 Å². The first kappa shape index (κ1) is 34.3. The molecule has 5 aliphatic rings. The number of hydrogen-bond donors (Lipinski definition) is 1. The predicted molar refractivity (Wildman–Crippen MR) is 140 cm³/mol. The second-order valence-electron chi connectivity index (χ2n) is 13.5. The maximum atomic E-state index is 13.9. The molecule has 4 heterocycles. The molecule has 5 unspecified atom stereocenters. The van der Waals surface area contributed by atoms with Gasteiger partial charge in [-0.2, -0.15) is 39.5 Å². The van der Waals surface area contributed by atoms with Gasteiger partial charge in [0.05, 0.1) is 12.5 Å². The number of likely N-dealkylation sites (tertiary alicyclic amines) is 4. The summed E-state index contributed by atoms with van der Waals surface area (Å²) in [4.78, 5) is 30.6. The van der Waals surface area contributed by atoms with Gasteiger partial charge in [-0.1, -0.05) is 0 Å². The van der Waals surface area contributed by atoms with Gasteiger partial charge in [-0.25, -0.2) is 4.79 Å². The van der Waals surface area contributed by atoms with E-state index in [4.69, 9.17) is 5.11 Å². The molecule has 1 spiro atoms. The van der Waals surface area contributed by atoms with Crippen LogP contribution >= 0.6 is 0 Å². The van der Waals surface area contributed by atoms with Crippen LogP contribution in [0, 0.1) is 23.7 Å². The van der Waals surface area contributed by atoms with Gasteiger partial charge < -0.3 is 14.7 Å². The zero-order chi connectivity index (χ0) is 32.9. The second-order valence-corrected chi connectivity index (χ2v) is 13.5. The Balaban J connectivity index is 1.22. The number of alkyl halides is 9. The van der Waals surface area contributed by atoms with E-state index in [9.17, 15) is 49.1 Å². The second kappa shape index (κ2) is 12.5. The number of carbonyl (C=O) groups is 2. The molecular formula is C28H39F9N4O4. The molecule has 4 aliphatic heterocycles. The van der Waals surface area contributed by atoms with Crippen LogP contribution < -0.4 is 0 Å². The highest BCUT2D eigenvalue weighted by atomic mass is 19.4. The molecule has 5 fully saturated rings. The van der Waals surface area contributed by atoms with Crippen LogP contribution in [0.2, 0.25) is 0 Å². The van der Waals surface area contributed by atoms with E-state index >= 15 is 0 Å². The summed E-state index contributed by atoms with van der Waals surface area (Å²) in [6, 6.07) is -0.321. The lowest BCUT2D eigenvalue weighted by atomic mass is 9.76. The number of amides is 1. The molecule has 1 N–H and O–H groups in total. The molecule has 258 valence electrons. The number of piperidine rings is 1. The van der Waals surface area contributed by atoms with Crippen molar-refractivity contribution in [3.8, 4) is 0 Å². The minimum Gasteiger partial charge on any atom is -0.480 e. The van der Waals surface area contributed by atoms with Crippen molar-refractivity contribution in [3.05, 3.63) is 0 Å². The fraction of sp³-hybridized carbons (Fsp3) is 0.929. The average molecular weight is 667 g/mol. The van der Waals surface area contributed by atoms with Gasteiger partial charge in [0.25, 0.3) is 6.10 Å². The Labute approximate surface area is 254 Å². The summed E-state index contributed by atoms with van der Waals surface area (Å²) in [6.07, 6.45) is -19.4. The van der Waals surface area contributed by atoms with Gasteiger partial charge in [-0.05, 0) is 69.2 Å². The Morgan fingerprint density at radius 2 is 1.44 bits per heavy atom. The Morgan fingerprint density at radius 1 is 0.844 bits per heavy atom. The van der Waals surface area contributed by atoms with Crippen LogP contribution in [0.15, 0.2) is 0 Å². The van der Waals surface area contributed by atoms with Crippen molar-refractivity contribution >= 4 is 12.1 Å². The fourth-order valence-electron chi connectivity index (χ4n) is 8.61. The van der Waals surface area contributed by atoms with Gasteiger partial charge in [-0.15, -0.1) is 0 Å². The maximum Gasteiger partial charge on any atom is 0.434 e. The van der Waals surface area contributed by atoms with E-state index in [1.807, 2.05) is 4.90 Å². The summed E-state index contributed by atoms with van der Waals surface area (Å²) in [6.45, 7) is 3.32. The molecule has 1 aliphatic carbocycles. The minimum atomic E-state index is -5.80. The molecule has 5 atom stereocenters. The molecule has 1 amide bonds. The first-order chi connectivity index (χ1) is 20.9. The van der Waals surface area contributed by atoms with Crippen LogP contribution in [0.25, 0.3) is 0 Å². The van der Waals surface area contributed by atoms with Crippen LogP contribution in [0.3, 0.4) is 0 Å². The van der Waals surface area contributed by atoms with Gasteiger partial charge in [0.1, 0.15) is 0 Å². The van der Waals surface area contributed by atoms with Crippen molar-refractivity contribution in [2.45, 2.75) is 81.2 Å². The lowest BCUT2D eigenvalue weighted by molar-refractivity contribution is -0.308. The number of hydrogen-bond acceptors (Lipinski definition) is 6. The van der Waals surface area contributed by atoms with Gasteiger partial charge in [0.15, 0.2) is 0 Å². The smallest absolute Gasteiger partial charge is 0.434 e. The number of rotatable bonds is 6. The number of carboxylic acids is 1. The minimum absolute atomic E-state index is 0.0117. The molecular weight excluding hydrogens is 627 g/mol. The number of nitrogens with zero attached hydrogens (tertiary/aromatic N) is 4. The summed E-state index contributed by atoms with van der Waals surface area (Å²) in [5.74, 6) is -2.03. The van der Waals surface area contributed by atoms with E-state index in [1.165, 1.54) is 0 Å². The average Bonchev–Trinajstić information content (AvgIpc) is 3.59. The normalized spacial score (nSPS) is 32.0. The first-order valence-corrected chi connectivity index (χ1v) is 15.4.